The van der Waals surface area contributed by atoms with Crippen LogP contribution in [0, 0.1) is 6.92 Å². The Morgan fingerprint density at radius 1 is 0.944 bits per heavy atom. The van der Waals surface area contributed by atoms with Gasteiger partial charge >= 0.3 is 6.18 Å². The third kappa shape index (κ3) is 4.06. The number of ether oxygens (including phenoxy) is 2. The van der Waals surface area contributed by atoms with Crippen molar-refractivity contribution in [3.8, 4) is 11.5 Å². The van der Waals surface area contributed by atoms with Gasteiger partial charge in [-0.05, 0) is 55.0 Å². The number of carbonyl (C=O) groups is 2. The maximum Gasteiger partial charge on any atom is 0.416 e. The van der Waals surface area contributed by atoms with Crippen molar-refractivity contribution in [3.63, 3.8) is 0 Å². The Morgan fingerprint density at radius 2 is 1.64 bits per heavy atom. The number of fused-ring (bicyclic) bond motifs is 1. The van der Waals surface area contributed by atoms with Crippen LogP contribution in [0.3, 0.4) is 0 Å². The number of aliphatic hydroxyl groups excluding tert-OH is 1. The molecule has 0 spiro atoms. The number of halogens is 3. The van der Waals surface area contributed by atoms with Crippen LogP contribution in [0.1, 0.15) is 28.3 Å². The molecular weight excluding hydrogens is 475 g/mol. The van der Waals surface area contributed by atoms with Gasteiger partial charge in [0.1, 0.15) is 19.0 Å². The number of benzene rings is 3. The van der Waals surface area contributed by atoms with Crippen LogP contribution in [0.5, 0.6) is 11.5 Å². The average Bonchev–Trinajstić information content (AvgIpc) is 3.13. The summed E-state index contributed by atoms with van der Waals surface area (Å²) in [5.74, 6) is -1.46. The molecule has 0 saturated carbocycles. The van der Waals surface area contributed by atoms with Crippen LogP contribution in [0.2, 0.25) is 0 Å². The van der Waals surface area contributed by atoms with Gasteiger partial charge in [-0.2, -0.15) is 13.2 Å². The number of hydrogen-bond acceptors (Lipinski definition) is 5. The highest BCUT2D eigenvalue weighted by molar-refractivity contribution is 6.51. The molecule has 0 bridgehead atoms. The average molecular weight is 495 g/mol. The molecule has 3 aromatic rings. The normalized spacial score (nSPS) is 19.0. The van der Waals surface area contributed by atoms with E-state index in [9.17, 15) is 27.9 Å². The smallest absolute Gasteiger partial charge is 0.416 e. The molecule has 0 aromatic heterocycles. The highest BCUT2D eigenvalue weighted by Gasteiger charge is 2.47. The fourth-order valence-electron chi connectivity index (χ4n) is 4.41. The first-order valence-corrected chi connectivity index (χ1v) is 11.1. The number of carbonyl (C=O) groups excluding carboxylic acids is 2. The fraction of sp³-hybridized carbons (Fsp3) is 0.185. The zero-order chi connectivity index (χ0) is 25.6. The predicted octanol–water partition coefficient (Wildman–Crippen LogP) is 5.41. The van der Waals surface area contributed by atoms with E-state index in [1.165, 1.54) is 6.07 Å². The molecule has 3 aromatic carbocycles. The standard InChI is InChI=1S/C27H20F3NO5/c1-15-3-2-4-16(13-15)23-22(24(32)17-5-10-20-21(14-17)36-12-11-35-20)25(33)26(34)31(23)19-8-6-18(7-9-19)27(28,29)30/h2-10,13-14,23,32H,11-12H2,1H3/b24-22-. The minimum atomic E-state index is -4.55. The SMILES string of the molecule is Cc1cccc(C2/C(=C(/O)c3ccc4c(c3)OCCO4)C(=O)C(=O)N2c2ccc(C(F)(F)F)cc2)c1. The van der Waals surface area contributed by atoms with E-state index < -0.39 is 35.2 Å². The molecule has 2 aliphatic heterocycles. The van der Waals surface area contributed by atoms with E-state index in [4.69, 9.17) is 9.47 Å². The highest BCUT2D eigenvalue weighted by atomic mass is 19.4. The Balaban J connectivity index is 1.67. The number of ketones is 1. The molecule has 1 atom stereocenters. The van der Waals surface area contributed by atoms with Gasteiger partial charge in [0.25, 0.3) is 11.7 Å². The van der Waals surface area contributed by atoms with Gasteiger partial charge in [-0.1, -0.05) is 29.8 Å². The third-order valence-corrected chi connectivity index (χ3v) is 6.09. The van der Waals surface area contributed by atoms with Crippen LogP contribution in [0.15, 0.2) is 72.3 Å². The number of amides is 1. The van der Waals surface area contributed by atoms with Gasteiger partial charge in [-0.15, -0.1) is 0 Å². The monoisotopic (exact) mass is 495 g/mol. The Hall–Kier alpha value is -4.27. The second-order valence-corrected chi connectivity index (χ2v) is 8.49. The summed E-state index contributed by atoms with van der Waals surface area (Å²) in [6.45, 7) is 2.53. The van der Waals surface area contributed by atoms with Crippen LogP contribution < -0.4 is 14.4 Å². The lowest BCUT2D eigenvalue weighted by Crippen LogP contribution is -2.29. The first kappa shape index (κ1) is 23.5. The van der Waals surface area contributed by atoms with E-state index in [0.717, 1.165) is 34.7 Å². The summed E-state index contributed by atoms with van der Waals surface area (Å²) in [6.07, 6.45) is -4.55. The summed E-state index contributed by atoms with van der Waals surface area (Å²) in [5.41, 5.74) is 0.631. The van der Waals surface area contributed by atoms with Gasteiger partial charge in [0.2, 0.25) is 0 Å². The molecule has 0 aliphatic carbocycles. The van der Waals surface area contributed by atoms with Crippen molar-refractivity contribution in [2.75, 3.05) is 18.1 Å². The first-order valence-electron chi connectivity index (χ1n) is 11.1. The molecule has 1 unspecified atom stereocenters. The molecular formula is C27H20F3NO5. The number of rotatable bonds is 3. The zero-order valence-corrected chi connectivity index (χ0v) is 19.0. The predicted molar refractivity (Wildman–Crippen MR) is 125 cm³/mol. The van der Waals surface area contributed by atoms with Crippen LogP contribution >= 0.6 is 0 Å². The lowest BCUT2D eigenvalue weighted by atomic mass is 9.94. The van der Waals surface area contributed by atoms with Gasteiger partial charge in [-0.3, -0.25) is 14.5 Å². The van der Waals surface area contributed by atoms with Crippen LogP contribution in [-0.4, -0.2) is 30.0 Å². The summed E-state index contributed by atoms with van der Waals surface area (Å²) in [5, 5.41) is 11.3. The minimum Gasteiger partial charge on any atom is -0.507 e. The fourth-order valence-corrected chi connectivity index (χ4v) is 4.41. The zero-order valence-electron chi connectivity index (χ0n) is 19.0. The molecule has 1 N–H and O–H groups in total. The van der Waals surface area contributed by atoms with Crippen molar-refractivity contribution in [2.45, 2.75) is 19.1 Å². The molecule has 2 heterocycles. The van der Waals surface area contributed by atoms with E-state index in [1.807, 2.05) is 13.0 Å². The lowest BCUT2D eigenvalue weighted by molar-refractivity contribution is -0.137. The van der Waals surface area contributed by atoms with Crippen molar-refractivity contribution in [1.82, 2.24) is 0 Å². The van der Waals surface area contributed by atoms with Crippen molar-refractivity contribution in [3.05, 3.63) is 94.6 Å². The summed E-state index contributed by atoms with van der Waals surface area (Å²) >= 11 is 0. The molecule has 36 heavy (non-hydrogen) atoms. The van der Waals surface area contributed by atoms with Gasteiger partial charge in [-0.25, -0.2) is 0 Å². The van der Waals surface area contributed by atoms with Crippen LogP contribution in [-0.2, 0) is 15.8 Å². The number of alkyl halides is 3. The van der Waals surface area contributed by atoms with Crippen molar-refractivity contribution >= 4 is 23.1 Å². The van der Waals surface area contributed by atoms with Crippen molar-refractivity contribution in [1.29, 1.82) is 0 Å². The summed E-state index contributed by atoms with van der Waals surface area (Å²) < 4.78 is 50.4. The minimum absolute atomic E-state index is 0.0952. The summed E-state index contributed by atoms with van der Waals surface area (Å²) in [7, 11) is 0. The molecule has 5 rings (SSSR count). The van der Waals surface area contributed by atoms with Crippen molar-refractivity contribution in [2.24, 2.45) is 0 Å². The second kappa shape index (κ2) is 8.75. The molecule has 1 amide bonds. The van der Waals surface area contributed by atoms with Crippen molar-refractivity contribution < 1.29 is 37.3 Å². The number of anilines is 1. The third-order valence-electron chi connectivity index (χ3n) is 6.09. The number of aliphatic hydroxyl groups is 1. The molecule has 0 radical (unpaired) electrons. The van der Waals surface area contributed by atoms with Gasteiger partial charge in [0, 0.05) is 11.3 Å². The molecule has 1 saturated heterocycles. The second-order valence-electron chi connectivity index (χ2n) is 8.49. The quantitative estimate of drug-likeness (QED) is 0.299. The molecule has 2 aliphatic rings. The van der Waals surface area contributed by atoms with E-state index in [1.54, 1.807) is 30.3 Å². The van der Waals surface area contributed by atoms with Gasteiger partial charge in [0.05, 0.1) is 17.2 Å². The van der Waals surface area contributed by atoms with E-state index in [2.05, 4.69) is 0 Å². The topological polar surface area (TPSA) is 76.1 Å². The summed E-state index contributed by atoms with van der Waals surface area (Å²) in [6, 6.07) is 14.6. The Kier molecular flexibility index (Phi) is 5.70. The van der Waals surface area contributed by atoms with Crippen LogP contribution in [0.4, 0.5) is 18.9 Å². The van der Waals surface area contributed by atoms with E-state index in [-0.39, 0.29) is 16.8 Å². The Morgan fingerprint density at radius 3 is 2.31 bits per heavy atom. The van der Waals surface area contributed by atoms with Gasteiger partial charge < -0.3 is 14.6 Å². The Labute approximate surface area is 204 Å². The summed E-state index contributed by atoms with van der Waals surface area (Å²) in [4.78, 5) is 27.6. The maximum absolute atomic E-state index is 13.2. The molecule has 1 fully saturated rings. The number of nitrogens with zero attached hydrogens (tertiary/aromatic N) is 1. The maximum atomic E-state index is 13.2. The number of hydrogen-bond donors (Lipinski definition) is 1. The molecule has 184 valence electrons. The molecule has 9 heteroatoms. The number of aryl methyl sites for hydroxylation is 1. The van der Waals surface area contributed by atoms with Crippen LogP contribution in [0.25, 0.3) is 5.76 Å². The Bertz CT molecular complexity index is 1400. The largest absolute Gasteiger partial charge is 0.507 e. The van der Waals surface area contributed by atoms with E-state index in [0.29, 0.717) is 30.3 Å². The van der Waals surface area contributed by atoms with Gasteiger partial charge in [0.15, 0.2) is 11.5 Å². The highest BCUT2D eigenvalue weighted by Crippen LogP contribution is 2.44. The first-order chi connectivity index (χ1) is 17.1. The van der Waals surface area contributed by atoms with E-state index >= 15 is 0 Å². The number of Topliss-reactive ketones (excluding diaryl/α,β-unsaturated/α-hetero) is 1. The molecule has 6 nitrogen and oxygen atoms in total. The lowest BCUT2D eigenvalue weighted by Gasteiger charge is -2.26.